The molecule has 1 aromatic heterocycles. The molecule has 0 spiro atoms. The molecule has 0 radical (unpaired) electrons. The first-order valence-corrected chi connectivity index (χ1v) is 4.48. The Balaban J connectivity index is 2.14. The first-order valence-electron chi connectivity index (χ1n) is 4.48. The molecule has 0 aromatic carbocycles. The lowest BCUT2D eigenvalue weighted by molar-refractivity contribution is 0.163. The highest BCUT2D eigenvalue weighted by atomic mass is 16.5. The number of rotatable bonds is 1. The lowest BCUT2D eigenvalue weighted by Crippen LogP contribution is -2.43. The molecule has 5 heteroatoms. The van der Waals surface area contributed by atoms with Gasteiger partial charge in [0.25, 0.3) is 0 Å². The van der Waals surface area contributed by atoms with E-state index in [9.17, 15) is 0 Å². The summed E-state index contributed by atoms with van der Waals surface area (Å²) in [4.78, 5) is 6.45. The molecule has 1 saturated heterocycles. The van der Waals surface area contributed by atoms with Crippen LogP contribution in [0.25, 0.3) is 0 Å². The maximum atomic E-state index is 5.13. The standard InChI is InChI=1S/C8H14N4O/c1-6-10-8(13-11-6)7-5-9-3-4-12(7)2/h7,9H,3-5H2,1-2H3. The van der Waals surface area contributed by atoms with Crippen LogP contribution in [0.15, 0.2) is 4.52 Å². The average Bonchev–Trinajstić information content (AvgIpc) is 2.53. The molecule has 1 N–H and O–H groups in total. The number of piperazine rings is 1. The van der Waals surface area contributed by atoms with Gasteiger partial charge in [-0.1, -0.05) is 5.16 Å². The summed E-state index contributed by atoms with van der Waals surface area (Å²) >= 11 is 0. The van der Waals surface area contributed by atoms with Crippen LogP contribution in [0.2, 0.25) is 0 Å². The fourth-order valence-electron chi connectivity index (χ4n) is 1.53. The molecule has 1 aliphatic rings. The molecule has 2 rings (SSSR count). The topological polar surface area (TPSA) is 54.2 Å². The Hall–Kier alpha value is -0.940. The van der Waals surface area contributed by atoms with Crippen molar-refractivity contribution in [1.29, 1.82) is 0 Å². The number of hydrogen-bond donors (Lipinski definition) is 1. The molecule has 1 fully saturated rings. The van der Waals surface area contributed by atoms with E-state index < -0.39 is 0 Å². The summed E-state index contributed by atoms with van der Waals surface area (Å²) in [5, 5.41) is 7.09. The van der Waals surface area contributed by atoms with Gasteiger partial charge in [0.05, 0.1) is 0 Å². The minimum Gasteiger partial charge on any atom is -0.338 e. The quantitative estimate of drug-likeness (QED) is 0.660. The lowest BCUT2D eigenvalue weighted by Gasteiger charge is -2.30. The Morgan fingerprint density at radius 2 is 2.46 bits per heavy atom. The third-order valence-corrected chi connectivity index (χ3v) is 2.34. The number of hydrogen-bond acceptors (Lipinski definition) is 5. The van der Waals surface area contributed by atoms with Crippen molar-refractivity contribution in [2.75, 3.05) is 26.7 Å². The van der Waals surface area contributed by atoms with Crippen LogP contribution >= 0.6 is 0 Å². The van der Waals surface area contributed by atoms with Gasteiger partial charge in [0.1, 0.15) is 6.04 Å². The van der Waals surface area contributed by atoms with E-state index in [2.05, 4.69) is 27.4 Å². The highest BCUT2D eigenvalue weighted by Gasteiger charge is 2.25. The normalized spacial score (nSPS) is 24.9. The zero-order valence-corrected chi connectivity index (χ0v) is 7.95. The third kappa shape index (κ3) is 1.71. The molecule has 0 aliphatic carbocycles. The van der Waals surface area contributed by atoms with Crippen molar-refractivity contribution < 1.29 is 4.52 Å². The van der Waals surface area contributed by atoms with Crippen LogP contribution in [0.3, 0.4) is 0 Å². The van der Waals surface area contributed by atoms with E-state index >= 15 is 0 Å². The Kier molecular flexibility index (Phi) is 2.28. The molecule has 0 amide bonds. The smallest absolute Gasteiger partial charge is 0.245 e. The van der Waals surface area contributed by atoms with Gasteiger partial charge in [0.2, 0.25) is 5.89 Å². The van der Waals surface area contributed by atoms with Crippen molar-refractivity contribution >= 4 is 0 Å². The molecular formula is C8H14N4O. The van der Waals surface area contributed by atoms with Crippen LogP contribution in [-0.4, -0.2) is 41.7 Å². The molecule has 1 unspecified atom stereocenters. The largest absolute Gasteiger partial charge is 0.338 e. The van der Waals surface area contributed by atoms with Gasteiger partial charge in [0, 0.05) is 19.6 Å². The van der Waals surface area contributed by atoms with Crippen LogP contribution in [-0.2, 0) is 0 Å². The predicted octanol–water partition coefficient (Wildman–Crippen LogP) is -0.0459. The van der Waals surface area contributed by atoms with E-state index in [1.807, 2.05) is 6.92 Å². The Labute approximate surface area is 77.1 Å². The molecule has 1 atom stereocenters. The summed E-state index contributed by atoms with van der Waals surface area (Å²) in [6.07, 6.45) is 0. The minimum atomic E-state index is 0.231. The van der Waals surface area contributed by atoms with Gasteiger partial charge >= 0.3 is 0 Å². The summed E-state index contributed by atoms with van der Waals surface area (Å²) in [6.45, 7) is 4.77. The molecule has 72 valence electrons. The second kappa shape index (κ2) is 3.43. The maximum absolute atomic E-state index is 5.13. The van der Waals surface area contributed by atoms with Gasteiger partial charge in [0.15, 0.2) is 5.82 Å². The van der Waals surface area contributed by atoms with E-state index in [4.69, 9.17) is 4.52 Å². The highest BCUT2D eigenvalue weighted by molar-refractivity contribution is 4.94. The molecule has 0 bridgehead atoms. The molecule has 13 heavy (non-hydrogen) atoms. The van der Waals surface area contributed by atoms with Crippen molar-refractivity contribution in [3.05, 3.63) is 11.7 Å². The average molecular weight is 182 g/mol. The minimum absolute atomic E-state index is 0.231. The van der Waals surface area contributed by atoms with E-state index in [-0.39, 0.29) is 6.04 Å². The van der Waals surface area contributed by atoms with Crippen LogP contribution < -0.4 is 5.32 Å². The number of nitrogens with zero attached hydrogens (tertiary/aromatic N) is 3. The third-order valence-electron chi connectivity index (χ3n) is 2.34. The number of nitrogens with one attached hydrogen (secondary N) is 1. The first kappa shape index (κ1) is 8.65. The van der Waals surface area contributed by atoms with Crippen molar-refractivity contribution in [3.8, 4) is 0 Å². The van der Waals surface area contributed by atoms with Gasteiger partial charge in [-0.2, -0.15) is 4.98 Å². The Morgan fingerprint density at radius 3 is 3.08 bits per heavy atom. The van der Waals surface area contributed by atoms with Crippen LogP contribution in [0.5, 0.6) is 0 Å². The fraction of sp³-hybridized carbons (Fsp3) is 0.750. The second-order valence-corrected chi connectivity index (χ2v) is 3.38. The molecule has 1 aliphatic heterocycles. The molecular weight excluding hydrogens is 168 g/mol. The van der Waals surface area contributed by atoms with Crippen molar-refractivity contribution in [2.45, 2.75) is 13.0 Å². The van der Waals surface area contributed by atoms with E-state index in [0.29, 0.717) is 11.7 Å². The first-order chi connectivity index (χ1) is 6.27. The van der Waals surface area contributed by atoms with Crippen LogP contribution in [0.1, 0.15) is 17.8 Å². The monoisotopic (exact) mass is 182 g/mol. The van der Waals surface area contributed by atoms with E-state index in [1.165, 1.54) is 0 Å². The maximum Gasteiger partial charge on any atom is 0.245 e. The second-order valence-electron chi connectivity index (χ2n) is 3.38. The summed E-state index contributed by atoms with van der Waals surface area (Å²) in [7, 11) is 2.07. The zero-order chi connectivity index (χ0) is 9.26. The lowest BCUT2D eigenvalue weighted by atomic mass is 10.2. The zero-order valence-electron chi connectivity index (χ0n) is 7.95. The highest BCUT2D eigenvalue weighted by Crippen LogP contribution is 2.17. The van der Waals surface area contributed by atoms with Gasteiger partial charge in [-0.15, -0.1) is 0 Å². The number of aromatic nitrogens is 2. The summed E-state index contributed by atoms with van der Waals surface area (Å²) in [5.41, 5.74) is 0. The summed E-state index contributed by atoms with van der Waals surface area (Å²) in [6, 6.07) is 0.231. The van der Waals surface area contributed by atoms with Crippen molar-refractivity contribution in [3.63, 3.8) is 0 Å². The van der Waals surface area contributed by atoms with Gasteiger partial charge < -0.3 is 9.84 Å². The summed E-state index contributed by atoms with van der Waals surface area (Å²) < 4.78 is 5.13. The van der Waals surface area contributed by atoms with Gasteiger partial charge in [-0.25, -0.2) is 0 Å². The fourth-order valence-corrected chi connectivity index (χ4v) is 1.53. The van der Waals surface area contributed by atoms with E-state index in [0.717, 1.165) is 19.6 Å². The molecule has 2 heterocycles. The predicted molar refractivity (Wildman–Crippen MR) is 47.3 cm³/mol. The van der Waals surface area contributed by atoms with Crippen molar-refractivity contribution in [2.24, 2.45) is 0 Å². The molecule has 5 nitrogen and oxygen atoms in total. The van der Waals surface area contributed by atoms with Crippen LogP contribution in [0.4, 0.5) is 0 Å². The molecule has 1 aromatic rings. The number of likely N-dealkylation sites (N-methyl/N-ethyl adjacent to an activating group) is 1. The SMILES string of the molecule is Cc1noc(C2CNCCN2C)n1. The summed E-state index contributed by atoms with van der Waals surface area (Å²) in [5.74, 6) is 1.42. The van der Waals surface area contributed by atoms with Crippen LogP contribution in [0, 0.1) is 6.92 Å². The van der Waals surface area contributed by atoms with E-state index in [1.54, 1.807) is 0 Å². The van der Waals surface area contributed by atoms with Crippen molar-refractivity contribution in [1.82, 2.24) is 20.4 Å². The Morgan fingerprint density at radius 1 is 1.62 bits per heavy atom. The molecule has 0 saturated carbocycles. The van der Waals surface area contributed by atoms with Gasteiger partial charge in [-0.05, 0) is 14.0 Å². The Bertz CT molecular complexity index is 285. The number of aryl methyl sites for hydroxylation is 1. The van der Waals surface area contributed by atoms with Gasteiger partial charge in [-0.3, -0.25) is 4.90 Å².